The summed E-state index contributed by atoms with van der Waals surface area (Å²) in [4.78, 5) is 12.0. The van der Waals surface area contributed by atoms with E-state index in [2.05, 4.69) is 52.4 Å². The summed E-state index contributed by atoms with van der Waals surface area (Å²) in [5.41, 5.74) is 7.39. The van der Waals surface area contributed by atoms with Crippen LogP contribution < -0.4 is 5.43 Å². The fourth-order valence-electron chi connectivity index (χ4n) is 1.86. The van der Waals surface area contributed by atoms with Crippen LogP contribution in [-0.2, 0) is 0 Å². The zero-order valence-corrected chi connectivity index (χ0v) is 13.9. The number of carbonyl (C=O) groups is 1. The highest BCUT2D eigenvalue weighted by Crippen LogP contribution is 2.12. The average molecular weight is 345 g/mol. The summed E-state index contributed by atoms with van der Waals surface area (Å²) in [6, 6.07) is 13.3. The van der Waals surface area contributed by atoms with E-state index in [9.17, 15) is 4.79 Å². The molecule has 2 aromatic carbocycles. The number of hydrogen-bond donors (Lipinski definition) is 1. The van der Waals surface area contributed by atoms with Gasteiger partial charge in [0.2, 0.25) is 0 Å². The number of nitrogens with zero attached hydrogens (tertiary/aromatic N) is 1. The molecule has 0 fully saturated rings. The molecule has 108 valence electrons. The number of rotatable bonds is 3. The van der Waals surface area contributed by atoms with Crippen LogP contribution in [0.5, 0.6) is 0 Å². The van der Waals surface area contributed by atoms with Gasteiger partial charge >= 0.3 is 0 Å². The minimum atomic E-state index is -0.223. The summed E-state index contributed by atoms with van der Waals surface area (Å²) in [6.45, 7) is 6.01. The Morgan fingerprint density at radius 3 is 2.48 bits per heavy atom. The lowest BCUT2D eigenvalue weighted by molar-refractivity contribution is 0.0955. The highest BCUT2D eigenvalue weighted by molar-refractivity contribution is 9.10. The van der Waals surface area contributed by atoms with E-state index in [0.717, 1.165) is 15.7 Å². The van der Waals surface area contributed by atoms with E-state index in [4.69, 9.17) is 0 Å². The van der Waals surface area contributed by atoms with Crippen LogP contribution in [0, 0.1) is 13.8 Å². The van der Waals surface area contributed by atoms with Crippen LogP contribution in [0.15, 0.2) is 52.0 Å². The van der Waals surface area contributed by atoms with E-state index in [0.29, 0.717) is 5.56 Å². The molecule has 21 heavy (non-hydrogen) atoms. The quantitative estimate of drug-likeness (QED) is 0.657. The molecule has 0 spiro atoms. The molecule has 0 unspecified atom stereocenters. The molecule has 0 aliphatic rings. The molecule has 0 heterocycles. The van der Waals surface area contributed by atoms with Gasteiger partial charge in [-0.2, -0.15) is 5.10 Å². The molecule has 0 radical (unpaired) electrons. The summed E-state index contributed by atoms with van der Waals surface area (Å²) in [6.07, 6.45) is 0. The van der Waals surface area contributed by atoms with Crippen molar-refractivity contribution in [3.63, 3.8) is 0 Å². The van der Waals surface area contributed by atoms with Crippen molar-refractivity contribution < 1.29 is 4.79 Å². The van der Waals surface area contributed by atoms with Crippen molar-refractivity contribution in [2.24, 2.45) is 5.10 Å². The number of carbonyl (C=O) groups excluding carboxylic acids is 1. The lowest BCUT2D eigenvalue weighted by Gasteiger charge is -2.06. The van der Waals surface area contributed by atoms with Crippen LogP contribution in [0.25, 0.3) is 0 Å². The third-order valence-electron chi connectivity index (χ3n) is 3.34. The standard InChI is InChI=1S/C17H17BrN2O/c1-11-7-8-14(9-12(11)2)13(3)19-20-17(21)15-5-4-6-16(18)10-15/h4-10H,1-3H3,(H,20,21)/b19-13+. The van der Waals surface area contributed by atoms with Crippen molar-refractivity contribution in [2.75, 3.05) is 0 Å². The zero-order valence-electron chi connectivity index (χ0n) is 12.3. The highest BCUT2D eigenvalue weighted by Gasteiger charge is 2.05. The molecule has 3 nitrogen and oxygen atoms in total. The summed E-state index contributed by atoms with van der Waals surface area (Å²) in [7, 11) is 0. The summed E-state index contributed by atoms with van der Waals surface area (Å²) >= 11 is 3.35. The van der Waals surface area contributed by atoms with Crippen LogP contribution in [-0.4, -0.2) is 11.6 Å². The first-order valence-electron chi connectivity index (χ1n) is 6.65. The number of halogens is 1. The maximum absolute atomic E-state index is 12.0. The van der Waals surface area contributed by atoms with Gasteiger partial charge in [-0.3, -0.25) is 4.79 Å². The van der Waals surface area contributed by atoms with E-state index in [1.54, 1.807) is 12.1 Å². The van der Waals surface area contributed by atoms with Gasteiger partial charge in [0.1, 0.15) is 0 Å². The first-order valence-corrected chi connectivity index (χ1v) is 7.44. The Morgan fingerprint density at radius 2 is 1.81 bits per heavy atom. The maximum Gasteiger partial charge on any atom is 0.271 e. The number of hydrazone groups is 1. The SMILES string of the molecule is C/C(=N\NC(=O)c1cccc(Br)c1)c1ccc(C)c(C)c1. The van der Waals surface area contributed by atoms with Crippen molar-refractivity contribution in [1.29, 1.82) is 0 Å². The van der Waals surface area contributed by atoms with Crippen LogP contribution in [0.3, 0.4) is 0 Å². The fraction of sp³-hybridized carbons (Fsp3) is 0.176. The second kappa shape index (κ2) is 6.68. The molecular formula is C17H17BrN2O. The van der Waals surface area contributed by atoms with Crippen LogP contribution in [0.1, 0.15) is 34.0 Å². The van der Waals surface area contributed by atoms with Crippen molar-refractivity contribution in [2.45, 2.75) is 20.8 Å². The molecule has 1 amide bonds. The van der Waals surface area contributed by atoms with E-state index >= 15 is 0 Å². The second-order valence-corrected chi connectivity index (χ2v) is 5.86. The molecular weight excluding hydrogens is 328 g/mol. The van der Waals surface area contributed by atoms with Gasteiger partial charge in [0.25, 0.3) is 5.91 Å². The van der Waals surface area contributed by atoms with Crippen LogP contribution >= 0.6 is 15.9 Å². The largest absolute Gasteiger partial charge is 0.271 e. The minimum Gasteiger partial charge on any atom is -0.267 e. The summed E-state index contributed by atoms with van der Waals surface area (Å²) in [5, 5.41) is 4.17. The smallest absolute Gasteiger partial charge is 0.267 e. The Bertz CT molecular complexity index is 708. The molecule has 0 atom stereocenters. The average Bonchev–Trinajstić information content (AvgIpc) is 2.47. The molecule has 0 aliphatic heterocycles. The number of amides is 1. The van der Waals surface area contributed by atoms with Gasteiger partial charge in [0, 0.05) is 10.0 Å². The van der Waals surface area contributed by atoms with Gasteiger partial charge in [0.05, 0.1) is 5.71 Å². The van der Waals surface area contributed by atoms with Gasteiger partial charge < -0.3 is 0 Å². The normalized spacial score (nSPS) is 11.3. The predicted octanol–water partition coefficient (Wildman–Crippen LogP) is 4.22. The molecule has 0 bridgehead atoms. The topological polar surface area (TPSA) is 41.5 Å². The highest BCUT2D eigenvalue weighted by atomic mass is 79.9. The Morgan fingerprint density at radius 1 is 1.05 bits per heavy atom. The second-order valence-electron chi connectivity index (χ2n) is 4.95. The summed E-state index contributed by atoms with van der Waals surface area (Å²) in [5.74, 6) is -0.223. The van der Waals surface area contributed by atoms with Crippen molar-refractivity contribution in [1.82, 2.24) is 5.43 Å². The summed E-state index contributed by atoms with van der Waals surface area (Å²) < 4.78 is 0.866. The van der Waals surface area contributed by atoms with Gasteiger partial charge in [-0.1, -0.05) is 34.1 Å². The first-order chi connectivity index (χ1) is 9.97. The first kappa shape index (κ1) is 15.4. The molecule has 0 saturated heterocycles. The Balaban J connectivity index is 2.13. The number of hydrogen-bond acceptors (Lipinski definition) is 2. The molecule has 2 aromatic rings. The third kappa shape index (κ3) is 4.02. The molecule has 0 saturated carbocycles. The van der Waals surface area contributed by atoms with Crippen molar-refractivity contribution in [3.8, 4) is 0 Å². The lowest BCUT2D eigenvalue weighted by atomic mass is 10.0. The van der Waals surface area contributed by atoms with Gasteiger partial charge in [-0.15, -0.1) is 0 Å². The lowest BCUT2D eigenvalue weighted by Crippen LogP contribution is -2.19. The van der Waals surface area contributed by atoms with Crippen molar-refractivity contribution >= 4 is 27.5 Å². The molecule has 2 rings (SSSR count). The third-order valence-corrected chi connectivity index (χ3v) is 3.83. The van der Waals surface area contributed by atoms with E-state index in [1.165, 1.54) is 11.1 Å². The Kier molecular flexibility index (Phi) is 4.91. The molecule has 1 N–H and O–H groups in total. The zero-order chi connectivity index (χ0) is 15.4. The van der Waals surface area contributed by atoms with E-state index in [-0.39, 0.29) is 5.91 Å². The maximum atomic E-state index is 12.0. The van der Waals surface area contributed by atoms with E-state index < -0.39 is 0 Å². The van der Waals surface area contributed by atoms with Gasteiger partial charge in [0.15, 0.2) is 0 Å². The van der Waals surface area contributed by atoms with Crippen molar-refractivity contribution in [3.05, 3.63) is 69.2 Å². The van der Waals surface area contributed by atoms with Crippen LogP contribution in [0.4, 0.5) is 0 Å². The number of benzene rings is 2. The number of nitrogens with one attached hydrogen (secondary N) is 1. The Labute approximate surface area is 133 Å². The minimum absolute atomic E-state index is 0.223. The van der Waals surface area contributed by atoms with E-state index in [1.807, 2.05) is 25.1 Å². The van der Waals surface area contributed by atoms with Gasteiger partial charge in [-0.25, -0.2) is 5.43 Å². The predicted molar refractivity (Wildman–Crippen MR) is 89.7 cm³/mol. The molecule has 0 aromatic heterocycles. The molecule has 4 heteroatoms. The Hall–Kier alpha value is -1.94. The van der Waals surface area contributed by atoms with Gasteiger partial charge in [-0.05, 0) is 61.7 Å². The monoisotopic (exact) mass is 344 g/mol. The molecule has 0 aliphatic carbocycles. The fourth-order valence-corrected chi connectivity index (χ4v) is 2.26. The number of aryl methyl sites for hydroxylation is 2. The van der Waals surface area contributed by atoms with Crippen LogP contribution in [0.2, 0.25) is 0 Å².